The number of piperidine rings is 1. The molecule has 0 spiro atoms. The Kier molecular flexibility index (Phi) is 5.93. The van der Waals surface area contributed by atoms with E-state index in [1.54, 1.807) is 0 Å². The zero-order valence-corrected chi connectivity index (χ0v) is 17.1. The summed E-state index contributed by atoms with van der Waals surface area (Å²) in [6.45, 7) is 4.73. The van der Waals surface area contributed by atoms with E-state index in [9.17, 15) is 4.79 Å². The van der Waals surface area contributed by atoms with Crippen molar-refractivity contribution < 1.29 is 14.3 Å². The molecule has 29 heavy (non-hydrogen) atoms. The summed E-state index contributed by atoms with van der Waals surface area (Å²) >= 11 is 0. The first-order valence-electron chi connectivity index (χ1n) is 10.7. The van der Waals surface area contributed by atoms with Gasteiger partial charge in [-0.1, -0.05) is 42.5 Å². The summed E-state index contributed by atoms with van der Waals surface area (Å²) in [6.07, 6.45) is 4.06. The van der Waals surface area contributed by atoms with Crippen LogP contribution in [0.25, 0.3) is 0 Å². The third kappa shape index (κ3) is 4.66. The molecule has 5 nitrogen and oxygen atoms in total. The van der Waals surface area contributed by atoms with Crippen molar-refractivity contribution in [3.8, 4) is 11.5 Å². The second kappa shape index (κ2) is 8.76. The van der Waals surface area contributed by atoms with Gasteiger partial charge in [-0.2, -0.15) is 0 Å². The minimum atomic E-state index is 0.0420. The maximum absolute atomic E-state index is 12.7. The van der Waals surface area contributed by atoms with Gasteiger partial charge in [-0.15, -0.1) is 0 Å². The Bertz CT molecular complexity index is 812. The van der Waals surface area contributed by atoms with E-state index >= 15 is 0 Å². The van der Waals surface area contributed by atoms with Gasteiger partial charge in [-0.3, -0.25) is 0 Å². The van der Waals surface area contributed by atoms with Crippen LogP contribution in [0.5, 0.6) is 11.5 Å². The van der Waals surface area contributed by atoms with Gasteiger partial charge < -0.3 is 19.7 Å². The fourth-order valence-electron chi connectivity index (χ4n) is 4.05. The predicted octanol–water partition coefficient (Wildman–Crippen LogP) is 4.37. The Morgan fingerprint density at radius 1 is 1.03 bits per heavy atom. The van der Waals surface area contributed by atoms with Gasteiger partial charge in [0.15, 0.2) is 11.5 Å². The van der Waals surface area contributed by atoms with Crippen LogP contribution in [0.15, 0.2) is 54.6 Å². The van der Waals surface area contributed by atoms with E-state index in [-0.39, 0.29) is 17.6 Å². The SMILES string of the molecule is CCOc1ccccc1OC1CCN(C(=O)NCC2(c3ccccc3)CC2)CC1. The summed E-state index contributed by atoms with van der Waals surface area (Å²) in [5.74, 6) is 1.57. The number of hydrogen-bond donors (Lipinski definition) is 1. The van der Waals surface area contributed by atoms with E-state index in [1.165, 1.54) is 5.56 Å². The van der Waals surface area contributed by atoms with Gasteiger partial charge in [0.1, 0.15) is 6.10 Å². The van der Waals surface area contributed by atoms with E-state index in [2.05, 4.69) is 29.6 Å². The molecule has 2 aromatic carbocycles. The second-order valence-corrected chi connectivity index (χ2v) is 7.99. The summed E-state index contributed by atoms with van der Waals surface area (Å²) in [5, 5.41) is 3.17. The van der Waals surface area contributed by atoms with Crippen LogP contribution >= 0.6 is 0 Å². The molecule has 1 N–H and O–H groups in total. The average molecular weight is 395 g/mol. The van der Waals surface area contributed by atoms with Crippen molar-refractivity contribution in [2.75, 3.05) is 26.2 Å². The second-order valence-electron chi connectivity index (χ2n) is 7.99. The third-order valence-corrected chi connectivity index (χ3v) is 5.99. The van der Waals surface area contributed by atoms with Crippen LogP contribution < -0.4 is 14.8 Å². The van der Waals surface area contributed by atoms with Crippen molar-refractivity contribution in [3.63, 3.8) is 0 Å². The maximum atomic E-state index is 12.7. The minimum absolute atomic E-state index is 0.0420. The lowest BCUT2D eigenvalue weighted by molar-refractivity contribution is 0.107. The number of rotatable bonds is 7. The lowest BCUT2D eigenvalue weighted by atomic mass is 9.96. The Morgan fingerprint density at radius 2 is 1.69 bits per heavy atom. The lowest BCUT2D eigenvalue weighted by Crippen LogP contribution is -2.48. The molecule has 1 saturated heterocycles. The van der Waals surface area contributed by atoms with Gasteiger partial charge in [0.25, 0.3) is 0 Å². The van der Waals surface area contributed by atoms with Crippen LogP contribution in [-0.4, -0.2) is 43.3 Å². The summed E-state index contributed by atoms with van der Waals surface area (Å²) in [4.78, 5) is 14.6. The number of nitrogens with one attached hydrogen (secondary N) is 1. The maximum Gasteiger partial charge on any atom is 0.317 e. The summed E-state index contributed by atoms with van der Waals surface area (Å²) in [5.41, 5.74) is 1.47. The molecule has 1 aliphatic heterocycles. The lowest BCUT2D eigenvalue weighted by Gasteiger charge is -2.33. The Hall–Kier alpha value is -2.69. The number of para-hydroxylation sites is 2. The van der Waals surface area contributed by atoms with Gasteiger partial charge in [-0.05, 0) is 37.5 Å². The molecule has 4 rings (SSSR count). The third-order valence-electron chi connectivity index (χ3n) is 5.99. The highest BCUT2D eigenvalue weighted by atomic mass is 16.5. The molecule has 2 aliphatic rings. The number of likely N-dealkylation sites (tertiary alicyclic amines) is 1. The molecule has 1 saturated carbocycles. The molecule has 5 heteroatoms. The molecule has 2 fully saturated rings. The molecule has 1 heterocycles. The van der Waals surface area contributed by atoms with Gasteiger partial charge >= 0.3 is 6.03 Å². The Balaban J connectivity index is 1.25. The smallest absolute Gasteiger partial charge is 0.317 e. The highest BCUT2D eigenvalue weighted by Gasteiger charge is 2.44. The number of urea groups is 1. The van der Waals surface area contributed by atoms with Crippen molar-refractivity contribution in [2.24, 2.45) is 0 Å². The molecule has 0 unspecified atom stereocenters. The minimum Gasteiger partial charge on any atom is -0.490 e. The number of carbonyl (C=O) groups excluding carboxylic acids is 1. The quantitative estimate of drug-likeness (QED) is 0.759. The summed E-state index contributed by atoms with van der Waals surface area (Å²) < 4.78 is 11.8. The number of amides is 2. The first kappa shape index (κ1) is 19.6. The van der Waals surface area contributed by atoms with E-state index in [4.69, 9.17) is 9.47 Å². The van der Waals surface area contributed by atoms with Crippen molar-refractivity contribution in [1.82, 2.24) is 10.2 Å². The van der Waals surface area contributed by atoms with E-state index < -0.39 is 0 Å². The van der Waals surface area contributed by atoms with Gasteiger partial charge in [0.2, 0.25) is 0 Å². The van der Waals surface area contributed by atoms with Crippen molar-refractivity contribution in [1.29, 1.82) is 0 Å². The highest BCUT2D eigenvalue weighted by Crippen LogP contribution is 2.47. The van der Waals surface area contributed by atoms with E-state index in [0.29, 0.717) is 26.2 Å². The van der Waals surface area contributed by atoms with E-state index in [0.717, 1.165) is 37.2 Å². The molecule has 2 amide bonds. The van der Waals surface area contributed by atoms with Crippen molar-refractivity contribution in [2.45, 2.75) is 44.1 Å². The molecule has 1 aliphatic carbocycles. The number of ether oxygens (including phenoxy) is 2. The van der Waals surface area contributed by atoms with Gasteiger partial charge in [-0.25, -0.2) is 4.79 Å². The van der Waals surface area contributed by atoms with Crippen LogP contribution in [0.1, 0.15) is 38.2 Å². The highest BCUT2D eigenvalue weighted by molar-refractivity contribution is 5.74. The number of carbonyl (C=O) groups is 1. The first-order chi connectivity index (χ1) is 14.2. The van der Waals surface area contributed by atoms with Crippen molar-refractivity contribution in [3.05, 3.63) is 60.2 Å². The van der Waals surface area contributed by atoms with Crippen LogP contribution in [0.4, 0.5) is 4.79 Å². The average Bonchev–Trinajstić information content (AvgIpc) is 3.56. The molecule has 154 valence electrons. The molecular weight excluding hydrogens is 364 g/mol. The number of nitrogens with zero attached hydrogens (tertiary/aromatic N) is 1. The van der Waals surface area contributed by atoms with E-state index in [1.807, 2.05) is 42.2 Å². The van der Waals surface area contributed by atoms with Crippen LogP contribution in [0, 0.1) is 0 Å². The Labute approximate surface area is 173 Å². The van der Waals surface area contributed by atoms with Gasteiger partial charge in [0, 0.05) is 37.9 Å². The topological polar surface area (TPSA) is 50.8 Å². The molecule has 0 aromatic heterocycles. The summed E-state index contributed by atoms with van der Waals surface area (Å²) in [6, 6.07) is 18.4. The number of benzene rings is 2. The standard InChI is InChI=1S/C24H30N2O3/c1-2-28-21-10-6-7-11-22(21)29-20-12-16-26(17-13-20)23(27)25-18-24(14-15-24)19-8-4-3-5-9-19/h3-11,20H,2,12-18H2,1H3,(H,25,27). The molecule has 0 atom stereocenters. The molecular formula is C24H30N2O3. The zero-order chi connectivity index (χ0) is 20.1. The predicted molar refractivity (Wildman–Crippen MR) is 114 cm³/mol. The van der Waals surface area contributed by atoms with Crippen LogP contribution in [-0.2, 0) is 5.41 Å². The van der Waals surface area contributed by atoms with Gasteiger partial charge in [0.05, 0.1) is 6.61 Å². The fraction of sp³-hybridized carbons (Fsp3) is 0.458. The first-order valence-corrected chi connectivity index (χ1v) is 10.7. The van der Waals surface area contributed by atoms with Crippen molar-refractivity contribution >= 4 is 6.03 Å². The normalized spacial score (nSPS) is 18.2. The fourth-order valence-corrected chi connectivity index (χ4v) is 4.05. The monoisotopic (exact) mass is 394 g/mol. The van der Waals surface area contributed by atoms with Crippen LogP contribution in [0.2, 0.25) is 0 Å². The zero-order valence-electron chi connectivity index (χ0n) is 17.1. The molecule has 2 aromatic rings. The van der Waals surface area contributed by atoms with Crippen LogP contribution in [0.3, 0.4) is 0 Å². The molecule has 0 radical (unpaired) electrons. The Morgan fingerprint density at radius 3 is 2.34 bits per heavy atom. The molecule has 0 bridgehead atoms. The number of hydrogen-bond acceptors (Lipinski definition) is 3. The summed E-state index contributed by atoms with van der Waals surface area (Å²) in [7, 11) is 0. The largest absolute Gasteiger partial charge is 0.490 e.